The highest BCUT2D eigenvalue weighted by Crippen LogP contribution is 2.31. The molecule has 272 valence electrons. The van der Waals surface area contributed by atoms with Gasteiger partial charge in [-0.2, -0.15) is 0 Å². The molecule has 0 saturated carbocycles. The van der Waals surface area contributed by atoms with E-state index in [1.54, 1.807) is 48.5 Å². The first kappa shape index (κ1) is 37.9. The molecular formula is C42H43FO9. The first-order valence-corrected chi connectivity index (χ1v) is 17.2. The molecule has 0 aromatic heterocycles. The molecule has 0 unspecified atom stereocenters. The van der Waals surface area contributed by atoms with E-state index < -0.39 is 61.3 Å². The van der Waals surface area contributed by atoms with Gasteiger partial charge in [0.25, 0.3) is 0 Å². The van der Waals surface area contributed by atoms with Crippen LogP contribution in [0.2, 0.25) is 0 Å². The van der Waals surface area contributed by atoms with Gasteiger partial charge in [0.1, 0.15) is 12.7 Å². The second kappa shape index (κ2) is 17.7. The fourth-order valence-corrected chi connectivity index (χ4v) is 5.70. The zero-order valence-corrected chi connectivity index (χ0v) is 29.7. The Morgan fingerprint density at radius 1 is 0.481 bits per heavy atom. The molecule has 1 saturated heterocycles. The molecule has 1 aliphatic heterocycles. The van der Waals surface area contributed by atoms with Gasteiger partial charge < -0.3 is 23.7 Å². The van der Waals surface area contributed by atoms with Gasteiger partial charge in [-0.3, -0.25) is 19.2 Å². The van der Waals surface area contributed by atoms with Crippen molar-refractivity contribution in [2.75, 3.05) is 6.61 Å². The Kier molecular flexibility index (Phi) is 12.9. The van der Waals surface area contributed by atoms with E-state index in [1.807, 2.05) is 76.2 Å². The Morgan fingerprint density at radius 2 is 0.788 bits per heavy atom. The summed E-state index contributed by atoms with van der Waals surface area (Å²) >= 11 is 0. The lowest BCUT2D eigenvalue weighted by atomic mass is 9.98. The van der Waals surface area contributed by atoms with Crippen LogP contribution in [-0.2, 0) is 68.5 Å². The Labute approximate surface area is 303 Å². The fourth-order valence-electron chi connectivity index (χ4n) is 5.70. The first-order chi connectivity index (χ1) is 24.9. The van der Waals surface area contributed by atoms with E-state index in [4.69, 9.17) is 23.7 Å². The van der Waals surface area contributed by atoms with Gasteiger partial charge in [0.15, 0.2) is 18.3 Å². The normalized spacial score (nSPS) is 19.7. The summed E-state index contributed by atoms with van der Waals surface area (Å²) < 4.78 is 44.5. The number of aryl methyl sites for hydroxylation is 4. The quantitative estimate of drug-likeness (QED) is 0.119. The van der Waals surface area contributed by atoms with Crippen LogP contribution in [0.1, 0.15) is 44.5 Å². The summed E-state index contributed by atoms with van der Waals surface area (Å²) in [6, 6.07) is 28.9. The van der Waals surface area contributed by atoms with E-state index in [-0.39, 0.29) is 25.7 Å². The predicted octanol–water partition coefficient (Wildman–Crippen LogP) is 6.16. The zero-order valence-electron chi connectivity index (χ0n) is 29.7. The SMILES string of the molecule is Cc1ccc(CC(=O)OC[C@H]2O[C@@H](F)[C@H](OC(=O)Cc3ccc(C)cc3)[C@@H](OC(=O)Cc3ccc(C)cc3)[C@H]2OC(=O)Cc2ccc(C)cc2)cc1. The van der Waals surface area contributed by atoms with Gasteiger partial charge in [-0.1, -0.05) is 119 Å². The van der Waals surface area contributed by atoms with Crippen LogP contribution in [0.15, 0.2) is 97.1 Å². The largest absolute Gasteiger partial charge is 0.463 e. The number of hydrogen-bond donors (Lipinski definition) is 0. The van der Waals surface area contributed by atoms with Gasteiger partial charge in [-0.15, -0.1) is 0 Å². The second-order valence-electron chi connectivity index (χ2n) is 13.2. The second-order valence-corrected chi connectivity index (χ2v) is 13.2. The average molecular weight is 711 g/mol. The average Bonchev–Trinajstić information content (AvgIpc) is 3.11. The number of carbonyl (C=O) groups is 4. The van der Waals surface area contributed by atoms with E-state index in [9.17, 15) is 19.2 Å². The summed E-state index contributed by atoms with van der Waals surface area (Å²) in [4.78, 5) is 52.9. The molecular weight excluding hydrogens is 667 g/mol. The van der Waals surface area contributed by atoms with Crippen molar-refractivity contribution in [1.82, 2.24) is 0 Å². The number of halogens is 1. The van der Waals surface area contributed by atoms with Crippen molar-refractivity contribution in [3.63, 3.8) is 0 Å². The van der Waals surface area contributed by atoms with Crippen molar-refractivity contribution in [1.29, 1.82) is 0 Å². The third-order valence-electron chi connectivity index (χ3n) is 8.66. The van der Waals surface area contributed by atoms with Crippen LogP contribution in [0.25, 0.3) is 0 Å². The summed E-state index contributed by atoms with van der Waals surface area (Å²) in [6.45, 7) is 7.11. The van der Waals surface area contributed by atoms with Gasteiger partial charge in [-0.25, -0.2) is 4.39 Å². The van der Waals surface area contributed by atoms with Crippen LogP contribution in [-0.4, -0.2) is 61.3 Å². The molecule has 9 nitrogen and oxygen atoms in total. The highest BCUT2D eigenvalue weighted by molar-refractivity contribution is 5.75. The molecule has 0 aliphatic carbocycles. The van der Waals surface area contributed by atoms with Crippen LogP contribution in [0, 0.1) is 27.7 Å². The van der Waals surface area contributed by atoms with Crippen LogP contribution < -0.4 is 0 Å². The van der Waals surface area contributed by atoms with E-state index in [0.717, 1.165) is 22.3 Å². The van der Waals surface area contributed by atoms with Crippen molar-refractivity contribution >= 4 is 23.9 Å². The van der Waals surface area contributed by atoms with Crippen LogP contribution in [0.3, 0.4) is 0 Å². The number of esters is 4. The molecule has 5 atom stereocenters. The van der Waals surface area contributed by atoms with E-state index in [2.05, 4.69) is 0 Å². The third-order valence-corrected chi connectivity index (χ3v) is 8.66. The summed E-state index contributed by atoms with van der Waals surface area (Å²) in [5.74, 6) is -2.97. The lowest BCUT2D eigenvalue weighted by molar-refractivity contribution is -0.278. The maximum Gasteiger partial charge on any atom is 0.310 e. The Morgan fingerprint density at radius 3 is 1.15 bits per heavy atom. The molecule has 1 fully saturated rings. The number of rotatable bonds is 13. The van der Waals surface area contributed by atoms with Gasteiger partial charge in [0.05, 0.1) is 25.7 Å². The smallest absolute Gasteiger partial charge is 0.310 e. The number of hydrogen-bond acceptors (Lipinski definition) is 9. The topological polar surface area (TPSA) is 114 Å². The number of benzene rings is 4. The van der Waals surface area contributed by atoms with Crippen LogP contribution in [0.5, 0.6) is 0 Å². The molecule has 0 spiro atoms. The monoisotopic (exact) mass is 710 g/mol. The molecule has 0 amide bonds. The van der Waals surface area contributed by atoms with Crippen molar-refractivity contribution < 1.29 is 47.3 Å². The maximum absolute atomic E-state index is 16.1. The highest BCUT2D eigenvalue weighted by atomic mass is 19.1. The van der Waals surface area contributed by atoms with Crippen molar-refractivity contribution in [2.45, 2.75) is 84.2 Å². The van der Waals surface area contributed by atoms with E-state index >= 15 is 4.39 Å². The molecule has 0 radical (unpaired) electrons. The third kappa shape index (κ3) is 11.1. The van der Waals surface area contributed by atoms with Crippen molar-refractivity contribution in [2.24, 2.45) is 0 Å². The highest BCUT2D eigenvalue weighted by Gasteiger charge is 2.53. The first-order valence-electron chi connectivity index (χ1n) is 17.2. The molecule has 0 bridgehead atoms. The minimum atomic E-state index is -2.33. The molecule has 4 aromatic rings. The lowest BCUT2D eigenvalue weighted by Crippen LogP contribution is -2.61. The Balaban J connectivity index is 1.41. The van der Waals surface area contributed by atoms with E-state index in [1.165, 1.54) is 0 Å². The van der Waals surface area contributed by atoms with Gasteiger partial charge in [0, 0.05) is 0 Å². The van der Waals surface area contributed by atoms with Gasteiger partial charge in [0.2, 0.25) is 6.36 Å². The lowest BCUT2D eigenvalue weighted by Gasteiger charge is -2.42. The summed E-state index contributed by atoms with van der Waals surface area (Å²) in [7, 11) is 0. The number of carbonyl (C=O) groups excluding carboxylic acids is 4. The molecule has 5 rings (SSSR count). The summed E-state index contributed by atoms with van der Waals surface area (Å²) in [6.07, 6.45) is -9.35. The Hall–Kier alpha value is -5.35. The number of alkyl halides is 1. The minimum absolute atomic E-state index is 0.0713. The zero-order chi connectivity index (χ0) is 37.2. The van der Waals surface area contributed by atoms with Crippen LogP contribution >= 0.6 is 0 Å². The molecule has 10 heteroatoms. The van der Waals surface area contributed by atoms with E-state index in [0.29, 0.717) is 22.3 Å². The molecule has 1 aliphatic rings. The van der Waals surface area contributed by atoms with Gasteiger partial charge >= 0.3 is 23.9 Å². The minimum Gasteiger partial charge on any atom is -0.463 e. The molecule has 0 N–H and O–H groups in total. The van der Waals surface area contributed by atoms with Crippen molar-refractivity contribution in [3.05, 3.63) is 142 Å². The summed E-state index contributed by atoms with van der Waals surface area (Å²) in [5, 5.41) is 0. The van der Waals surface area contributed by atoms with Gasteiger partial charge in [-0.05, 0) is 49.9 Å². The molecule has 4 aromatic carbocycles. The Bertz CT molecular complexity index is 1820. The maximum atomic E-state index is 16.1. The number of ether oxygens (including phenoxy) is 5. The summed E-state index contributed by atoms with van der Waals surface area (Å²) in [5.41, 5.74) is 6.59. The predicted molar refractivity (Wildman–Crippen MR) is 190 cm³/mol. The molecule has 52 heavy (non-hydrogen) atoms. The standard InChI is InChI=1S/C42H43FO9/c1-26-5-13-30(14-6-26)21-35(44)48-25-34-39(50-36(45)22-31-15-7-27(2)8-16-31)40(51-37(46)23-32-17-9-28(3)10-18-32)41(42(43)49-34)52-38(47)24-33-19-11-29(4)12-20-33/h5-20,34,39-42H,21-25H2,1-4H3/t34-,39+,40+,41-,42-/m1/s1. The van der Waals surface area contributed by atoms with Crippen molar-refractivity contribution in [3.8, 4) is 0 Å². The van der Waals surface area contributed by atoms with Crippen LogP contribution in [0.4, 0.5) is 4.39 Å². The fraction of sp³-hybridized carbons (Fsp3) is 0.333. The molecule has 1 heterocycles.